The number of aryl methyl sites for hydroxylation is 1. The summed E-state index contributed by atoms with van der Waals surface area (Å²) in [7, 11) is 2.16. The van der Waals surface area contributed by atoms with Crippen LogP contribution in [0.25, 0.3) is 0 Å². The number of nitrogens with one attached hydrogen (secondary N) is 1. The highest BCUT2D eigenvalue weighted by Crippen LogP contribution is 2.18. The number of benzene rings is 1. The van der Waals surface area contributed by atoms with E-state index in [0.717, 1.165) is 23.4 Å². The Morgan fingerprint density at radius 2 is 2.29 bits per heavy atom. The van der Waals surface area contributed by atoms with Crippen LogP contribution in [0.4, 0.5) is 5.69 Å². The minimum Gasteiger partial charge on any atom is -0.389 e. The maximum atomic E-state index is 5.65. The van der Waals surface area contributed by atoms with Crippen molar-refractivity contribution in [1.82, 2.24) is 4.90 Å². The van der Waals surface area contributed by atoms with E-state index in [-0.39, 0.29) is 0 Å². The zero-order chi connectivity index (χ0) is 12.4. The van der Waals surface area contributed by atoms with E-state index >= 15 is 0 Å². The van der Waals surface area contributed by atoms with E-state index in [9.17, 15) is 0 Å². The summed E-state index contributed by atoms with van der Waals surface area (Å²) in [5.41, 5.74) is 8.91. The molecule has 0 amide bonds. The molecule has 17 heavy (non-hydrogen) atoms. The van der Waals surface area contributed by atoms with Crippen molar-refractivity contribution in [2.24, 2.45) is 5.73 Å². The largest absolute Gasteiger partial charge is 0.389 e. The fourth-order valence-corrected chi connectivity index (χ4v) is 2.55. The molecule has 0 radical (unpaired) electrons. The van der Waals surface area contributed by atoms with Crippen LogP contribution >= 0.6 is 12.2 Å². The molecule has 1 unspecified atom stereocenters. The van der Waals surface area contributed by atoms with Crippen molar-refractivity contribution < 1.29 is 0 Å². The van der Waals surface area contributed by atoms with Crippen molar-refractivity contribution in [1.29, 1.82) is 0 Å². The summed E-state index contributed by atoms with van der Waals surface area (Å²) in [5, 5.41) is 3.55. The number of nitrogens with two attached hydrogens (primary N) is 1. The van der Waals surface area contributed by atoms with Gasteiger partial charge >= 0.3 is 0 Å². The topological polar surface area (TPSA) is 41.3 Å². The van der Waals surface area contributed by atoms with Crippen molar-refractivity contribution in [3.63, 3.8) is 0 Å². The molecule has 1 fully saturated rings. The van der Waals surface area contributed by atoms with Crippen LogP contribution in [-0.4, -0.2) is 36.1 Å². The molecule has 0 aliphatic carbocycles. The van der Waals surface area contributed by atoms with Gasteiger partial charge < -0.3 is 16.0 Å². The number of thiocarbonyl (C=S) groups is 1. The van der Waals surface area contributed by atoms with Crippen molar-refractivity contribution in [2.45, 2.75) is 19.4 Å². The number of anilines is 1. The van der Waals surface area contributed by atoms with Gasteiger partial charge in [-0.15, -0.1) is 0 Å². The zero-order valence-electron chi connectivity index (χ0n) is 10.4. The quantitative estimate of drug-likeness (QED) is 0.801. The summed E-state index contributed by atoms with van der Waals surface area (Å²) in [6.45, 7) is 4.32. The Kier molecular flexibility index (Phi) is 3.64. The first kappa shape index (κ1) is 12.3. The number of likely N-dealkylation sites (N-methyl/N-ethyl adjacent to an activating group) is 1. The molecule has 1 aliphatic rings. The summed E-state index contributed by atoms with van der Waals surface area (Å²) in [4.78, 5) is 2.81. The number of nitrogens with zero attached hydrogens (tertiary/aromatic N) is 1. The second-order valence-corrected chi connectivity index (χ2v) is 5.23. The zero-order valence-corrected chi connectivity index (χ0v) is 11.2. The van der Waals surface area contributed by atoms with Gasteiger partial charge in [0.2, 0.25) is 0 Å². The van der Waals surface area contributed by atoms with Gasteiger partial charge in [-0.05, 0) is 50.7 Å². The van der Waals surface area contributed by atoms with Crippen molar-refractivity contribution >= 4 is 22.9 Å². The average molecular weight is 249 g/mol. The van der Waals surface area contributed by atoms with Crippen LogP contribution in [0.3, 0.4) is 0 Å². The minimum atomic E-state index is 0.467. The summed E-state index contributed by atoms with van der Waals surface area (Å²) in [6.07, 6.45) is 1.20. The SMILES string of the molecule is Cc1cc(NC2CCN(C)C2)ccc1C(N)=S. The fourth-order valence-electron chi connectivity index (χ4n) is 2.32. The van der Waals surface area contributed by atoms with Gasteiger partial charge in [-0.2, -0.15) is 0 Å². The Hall–Kier alpha value is -1.13. The highest BCUT2D eigenvalue weighted by molar-refractivity contribution is 7.80. The molecule has 0 saturated carbocycles. The summed E-state index contributed by atoms with van der Waals surface area (Å²) >= 11 is 5.00. The van der Waals surface area contributed by atoms with Gasteiger partial charge in [0.1, 0.15) is 4.99 Å². The lowest BCUT2D eigenvalue weighted by molar-refractivity contribution is 0.414. The summed E-state index contributed by atoms with van der Waals surface area (Å²) < 4.78 is 0. The maximum Gasteiger partial charge on any atom is 0.104 e. The Balaban J connectivity index is 2.07. The summed E-state index contributed by atoms with van der Waals surface area (Å²) in [5.74, 6) is 0. The number of rotatable bonds is 3. The molecule has 92 valence electrons. The van der Waals surface area contributed by atoms with Crippen molar-refractivity contribution in [3.05, 3.63) is 29.3 Å². The lowest BCUT2D eigenvalue weighted by Crippen LogP contribution is -2.23. The molecular weight excluding hydrogens is 230 g/mol. The van der Waals surface area contributed by atoms with E-state index < -0.39 is 0 Å². The van der Waals surface area contributed by atoms with Crippen LogP contribution in [0.15, 0.2) is 18.2 Å². The molecule has 1 atom stereocenters. The standard InChI is InChI=1S/C13H19N3S/c1-9-7-10(3-4-12(9)13(14)17)15-11-5-6-16(2)8-11/h3-4,7,11,15H,5-6,8H2,1-2H3,(H2,14,17). The monoisotopic (exact) mass is 249 g/mol. The molecule has 0 aromatic heterocycles. The number of hydrogen-bond donors (Lipinski definition) is 2. The van der Waals surface area contributed by atoms with Gasteiger partial charge in [0.15, 0.2) is 0 Å². The van der Waals surface area contributed by atoms with Crippen molar-refractivity contribution in [3.8, 4) is 0 Å². The predicted octanol–water partition coefficient (Wildman–Crippen LogP) is 1.75. The van der Waals surface area contributed by atoms with Gasteiger partial charge in [0, 0.05) is 23.8 Å². The van der Waals surface area contributed by atoms with E-state index in [1.807, 2.05) is 13.0 Å². The van der Waals surface area contributed by atoms with Gasteiger partial charge in [-0.1, -0.05) is 12.2 Å². The van der Waals surface area contributed by atoms with E-state index in [0.29, 0.717) is 11.0 Å². The Morgan fingerprint density at radius 3 is 2.82 bits per heavy atom. The molecule has 1 saturated heterocycles. The normalized spacial score (nSPS) is 20.5. The van der Waals surface area contributed by atoms with Gasteiger partial charge in [0.25, 0.3) is 0 Å². The van der Waals surface area contributed by atoms with Crippen LogP contribution in [0.1, 0.15) is 17.5 Å². The fraction of sp³-hybridized carbons (Fsp3) is 0.462. The summed E-state index contributed by atoms with van der Waals surface area (Å²) in [6, 6.07) is 6.72. The lowest BCUT2D eigenvalue weighted by atomic mass is 10.1. The second-order valence-electron chi connectivity index (χ2n) is 4.79. The Morgan fingerprint density at radius 1 is 1.53 bits per heavy atom. The molecule has 0 spiro atoms. The average Bonchev–Trinajstić information content (AvgIpc) is 2.63. The molecule has 3 N–H and O–H groups in total. The molecular formula is C13H19N3S. The molecule has 2 rings (SSSR count). The first-order valence-electron chi connectivity index (χ1n) is 5.92. The lowest BCUT2D eigenvalue weighted by Gasteiger charge is -2.15. The molecule has 1 aromatic rings. The smallest absolute Gasteiger partial charge is 0.104 e. The van der Waals surface area contributed by atoms with E-state index in [1.54, 1.807) is 0 Å². The van der Waals surface area contributed by atoms with Crippen LogP contribution in [0.5, 0.6) is 0 Å². The highest BCUT2D eigenvalue weighted by Gasteiger charge is 2.18. The Labute approximate surface area is 108 Å². The van der Waals surface area contributed by atoms with E-state index in [1.165, 1.54) is 13.0 Å². The number of likely N-dealkylation sites (tertiary alicyclic amines) is 1. The third-order valence-electron chi connectivity index (χ3n) is 3.25. The molecule has 1 aliphatic heterocycles. The van der Waals surface area contributed by atoms with Gasteiger partial charge in [0.05, 0.1) is 0 Å². The van der Waals surface area contributed by atoms with Gasteiger partial charge in [-0.3, -0.25) is 0 Å². The molecule has 0 bridgehead atoms. The van der Waals surface area contributed by atoms with Crippen molar-refractivity contribution in [2.75, 3.05) is 25.5 Å². The third kappa shape index (κ3) is 2.96. The predicted molar refractivity (Wildman–Crippen MR) is 76.6 cm³/mol. The first-order valence-corrected chi connectivity index (χ1v) is 6.32. The molecule has 1 aromatic carbocycles. The highest BCUT2D eigenvalue weighted by atomic mass is 32.1. The maximum absolute atomic E-state index is 5.65. The van der Waals surface area contributed by atoms with Crippen LogP contribution in [0, 0.1) is 6.92 Å². The third-order valence-corrected chi connectivity index (χ3v) is 3.47. The van der Waals surface area contributed by atoms with Crippen LogP contribution < -0.4 is 11.1 Å². The molecule has 3 nitrogen and oxygen atoms in total. The number of hydrogen-bond acceptors (Lipinski definition) is 3. The Bertz CT molecular complexity index is 431. The molecule has 1 heterocycles. The van der Waals surface area contributed by atoms with Crippen LogP contribution in [-0.2, 0) is 0 Å². The molecule has 4 heteroatoms. The second kappa shape index (κ2) is 5.02. The van der Waals surface area contributed by atoms with E-state index in [4.69, 9.17) is 18.0 Å². The minimum absolute atomic E-state index is 0.467. The first-order chi connectivity index (χ1) is 8.06. The van der Waals surface area contributed by atoms with Crippen LogP contribution in [0.2, 0.25) is 0 Å². The van der Waals surface area contributed by atoms with E-state index in [2.05, 4.69) is 29.4 Å². The van der Waals surface area contributed by atoms with Gasteiger partial charge in [-0.25, -0.2) is 0 Å².